The van der Waals surface area contributed by atoms with Gasteiger partial charge in [-0.25, -0.2) is 4.79 Å². The van der Waals surface area contributed by atoms with Gasteiger partial charge < -0.3 is 20.1 Å². The SMILES string of the molecule is Cc1ccc(CNC(=O)N2CCC(C(=O)O)CC2)c(OCC(F)(F)F)c1. The maximum Gasteiger partial charge on any atom is 0.422 e. The zero-order valence-electron chi connectivity index (χ0n) is 14.3. The Morgan fingerprint density at radius 2 is 1.96 bits per heavy atom. The molecule has 1 aromatic rings. The van der Waals surface area contributed by atoms with Crippen molar-refractivity contribution in [3.05, 3.63) is 29.3 Å². The lowest BCUT2D eigenvalue weighted by molar-refractivity contribution is -0.153. The number of alkyl halides is 3. The van der Waals surface area contributed by atoms with Crippen LogP contribution in [0.4, 0.5) is 18.0 Å². The summed E-state index contributed by atoms with van der Waals surface area (Å²) in [7, 11) is 0. The summed E-state index contributed by atoms with van der Waals surface area (Å²) in [6.07, 6.45) is -3.68. The van der Waals surface area contributed by atoms with E-state index in [9.17, 15) is 22.8 Å². The van der Waals surface area contributed by atoms with Crippen molar-refractivity contribution < 1.29 is 32.6 Å². The van der Waals surface area contributed by atoms with E-state index in [0.29, 0.717) is 31.5 Å². The van der Waals surface area contributed by atoms with Crippen LogP contribution in [-0.4, -0.2) is 47.9 Å². The van der Waals surface area contributed by atoms with Crippen molar-refractivity contribution in [2.24, 2.45) is 5.92 Å². The molecular weight excluding hydrogens is 353 g/mol. The fourth-order valence-electron chi connectivity index (χ4n) is 2.71. The Labute approximate surface area is 148 Å². The summed E-state index contributed by atoms with van der Waals surface area (Å²) in [5.74, 6) is -1.23. The van der Waals surface area contributed by atoms with Crippen LogP contribution in [0.5, 0.6) is 5.75 Å². The maximum absolute atomic E-state index is 12.4. The van der Waals surface area contributed by atoms with Crippen molar-refractivity contribution in [1.82, 2.24) is 10.2 Å². The molecule has 6 nitrogen and oxygen atoms in total. The molecule has 0 saturated carbocycles. The highest BCUT2D eigenvalue weighted by atomic mass is 19.4. The zero-order chi connectivity index (χ0) is 19.3. The standard InChI is InChI=1S/C17H21F3N2O4/c1-11-2-3-13(14(8-11)26-10-17(18,19)20)9-21-16(25)22-6-4-12(5-7-22)15(23)24/h2-3,8,12H,4-7,9-10H2,1H3,(H,21,25)(H,23,24). The molecule has 144 valence electrons. The first-order valence-electron chi connectivity index (χ1n) is 8.20. The molecule has 2 N–H and O–H groups in total. The summed E-state index contributed by atoms with van der Waals surface area (Å²) >= 11 is 0. The van der Waals surface area contributed by atoms with E-state index in [-0.39, 0.29) is 18.3 Å². The number of hydrogen-bond acceptors (Lipinski definition) is 3. The van der Waals surface area contributed by atoms with Crippen molar-refractivity contribution in [2.75, 3.05) is 19.7 Å². The van der Waals surface area contributed by atoms with Gasteiger partial charge in [0.25, 0.3) is 0 Å². The number of halogens is 3. The second-order valence-electron chi connectivity index (χ2n) is 6.27. The smallest absolute Gasteiger partial charge is 0.422 e. The molecule has 0 aliphatic carbocycles. The summed E-state index contributed by atoms with van der Waals surface area (Å²) in [6.45, 7) is 1.00. The van der Waals surface area contributed by atoms with Gasteiger partial charge in [0, 0.05) is 25.2 Å². The number of carbonyl (C=O) groups is 2. The van der Waals surface area contributed by atoms with E-state index in [1.807, 2.05) is 0 Å². The minimum atomic E-state index is -4.45. The highest BCUT2D eigenvalue weighted by Crippen LogP contribution is 2.24. The van der Waals surface area contributed by atoms with Gasteiger partial charge in [0.1, 0.15) is 5.75 Å². The van der Waals surface area contributed by atoms with Gasteiger partial charge in [0.2, 0.25) is 0 Å². The van der Waals surface area contributed by atoms with Gasteiger partial charge in [-0.1, -0.05) is 12.1 Å². The monoisotopic (exact) mass is 374 g/mol. The molecule has 1 saturated heterocycles. The molecule has 0 spiro atoms. The number of hydrogen-bond donors (Lipinski definition) is 2. The number of rotatable bonds is 5. The Morgan fingerprint density at radius 1 is 1.31 bits per heavy atom. The Bertz CT molecular complexity index is 656. The fraction of sp³-hybridized carbons (Fsp3) is 0.529. The molecule has 26 heavy (non-hydrogen) atoms. The van der Waals surface area contributed by atoms with Crippen LogP contribution in [-0.2, 0) is 11.3 Å². The number of urea groups is 1. The first-order chi connectivity index (χ1) is 12.2. The lowest BCUT2D eigenvalue weighted by Crippen LogP contribution is -2.45. The predicted molar refractivity (Wildman–Crippen MR) is 86.9 cm³/mol. The molecule has 1 aliphatic rings. The van der Waals surface area contributed by atoms with Gasteiger partial charge in [-0.15, -0.1) is 0 Å². The fourth-order valence-corrected chi connectivity index (χ4v) is 2.71. The summed E-state index contributed by atoms with van der Waals surface area (Å²) in [5.41, 5.74) is 1.18. The molecule has 0 atom stereocenters. The van der Waals surface area contributed by atoms with Crippen molar-refractivity contribution in [1.29, 1.82) is 0 Å². The molecule has 2 rings (SSSR count). The third kappa shape index (κ3) is 5.82. The lowest BCUT2D eigenvalue weighted by atomic mass is 9.97. The first kappa shape index (κ1) is 19.9. The minimum Gasteiger partial charge on any atom is -0.484 e. The number of carboxylic acids is 1. The molecule has 0 unspecified atom stereocenters. The number of likely N-dealkylation sites (tertiary alicyclic amines) is 1. The number of carbonyl (C=O) groups excluding carboxylic acids is 1. The zero-order valence-corrected chi connectivity index (χ0v) is 14.3. The predicted octanol–water partition coefficient (Wildman–Crippen LogP) is 2.94. The number of nitrogens with zero attached hydrogens (tertiary/aromatic N) is 1. The number of piperidine rings is 1. The Balaban J connectivity index is 1.92. The molecule has 1 aliphatic heterocycles. The Hall–Kier alpha value is -2.45. The molecular formula is C17H21F3N2O4. The van der Waals surface area contributed by atoms with E-state index in [2.05, 4.69) is 5.32 Å². The van der Waals surface area contributed by atoms with Crippen LogP contribution in [0.1, 0.15) is 24.0 Å². The van der Waals surface area contributed by atoms with Crippen LogP contribution in [0.25, 0.3) is 0 Å². The number of carboxylic acid groups (broad SMARTS) is 1. The van der Waals surface area contributed by atoms with Crippen LogP contribution in [0.2, 0.25) is 0 Å². The molecule has 1 heterocycles. The molecule has 1 aromatic carbocycles. The molecule has 2 amide bonds. The van der Waals surface area contributed by atoms with E-state index in [1.54, 1.807) is 19.1 Å². The van der Waals surface area contributed by atoms with Gasteiger partial charge >= 0.3 is 18.2 Å². The third-order valence-electron chi connectivity index (χ3n) is 4.18. The van der Waals surface area contributed by atoms with Gasteiger partial charge in [-0.3, -0.25) is 4.79 Å². The number of benzene rings is 1. The largest absolute Gasteiger partial charge is 0.484 e. The summed E-state index contributed by atoms with van der Waals surface area (Å²) in [6, 6.07) is 4.44. The Kier molecular flexibility index (Phi) is 6.33. The van der Waals surface area contributed by atoms with Crippen LogP contribution in [0.15, 0.2) is 18.2 Å². The quantitative estimate of drug-likeness (QED) is 0.831. The van der Waals surface area contributed by atoms with Gasteiger partial charge in [0.15, 0.2) is 6.61 Å². The second-order valence-corrected chi connectivity index (χ2v) is 6.27. The van der Waals surface area contributed by atoms with Crippen LogP contribution in [0.3, 0.4) is 0 Å². The number of amides is 2. The van der Waals surface area contributed by atoms with E-state index < -0.39 is 24.7 Å². The van der Waals surface area contributed by atoms with E-state index in [0.717, 1.165) is 5.56 Å². The van der Waals surface area contributed by atoms with Gasteiger partial charge in [-0.05, 0) is 31.4 Å². The van der Waals surface area contributed by atoms with Crippen LogP contribution in [0, 0.1) is 12.8 Å². The molecule has 0 bridgehead atoms. The van der Waals surface area contributed by atoms with Gasteiger partial charge in [-0.2, -0.15) is 13.2 Å². The molecule has 9 heteroatoms. The van der Waals surface area contributed by atoms with Crippen molar-refractivity contribution in [2.45, 2.75) is 32.5 Å². The average Bonchev–Trinajstić information content (AvgIpc) is 2.58. The summed E-state index contributed by atoms with van der Waals surface area (Å²) < 4.78 is 42.0. The molecule has 0 aromatic heterocycles. The maximum atomic E-state index is 12.4. The van der Waals surface area contributed by atoms with Gasteiger partial charge in [0.05, 0.1) is 5.92 Å². The van der Waals surface area contributed by atoms with Crippen molar-refractivity contribution in [3.63, 3.8) is 0 Å². The van der Waals surface area contributed by atoms with E-state index in [4.69, 9.17) is 9.84 Å². The highest BCUT2D eigenvalue weighted by Gasteiger charge is 2.29. The second kappa shape index (κ2) is 8.29. The average molecular weight is 374 g/mol. The summed E-state index contributed by atoms with van der Waals surface area (Å²) in [4.78, 5) is 24.6. The van der Waals surface area contributed by atoms with Crippen molar-refractivity contribution >= 4 is 12.0 Å². The first-order valence-corrected chi connectivity index (χ1v) is 8.20. The topological polar surface area (TPSA) is 78.9 Å². The third-order valence-corrected chi connectivity index (χ3v) is 4.18. The number of ether oxygens (including phenoxy) is 1. The number of aliphatic carboxylic acids is 1. The lowest BCUT2D eigenvalue weighted by Gasteiger charge is -2.30. The highest BCUT2D eigenvalue weighted by molar-refractivity contribution is 5.75. The Morgan fingerprint density at radius 3 is 2.54 bits per heavy atom. The van der Waals surface area contributed by atoms with E-state index >= 15 is 0 Å². The minimum absolute atomic E-state index is 0.0190. The van der Waals surface area contributed by atoms with Crippen LogP contribution >= 0.6 is 0 Å². The normalized spacial score (nSPS) is 15.6. The number of aryl methyl sites for hydroxylation is 1. The van der Waals surface area contributed by atoms with E-state index in [1.165, 1.54) is 11.0 Å². The molecule has 1 fully saturated rings. The molecule has 0 radical (unpaired) electrons. The number of nitrogens with one attached hydrogen (secondary N) is 1. The van der Waals surface area contributed by atoms with Crippen LogP contribution < -0.4 is 10.1 Å². The van der Waals surface area contributed by atoms with Crippen molar-refractivity contribution in [3.8, 4) is 5.75 Å². The summed E-state index contributed by atoms with van der Waals surface area (Å²) in [5, 5.41) is 11.6.